The Kier molecular flexibility index (Phi) is 9.88. The highest BCUT2D eigenvalue weighted by Crippen LogP contribution is 2.07. The van der Waals surface area contributed by atoms with Gasteiger partial charge in [0.05, 0.1) is 6.20 Å². The van der Waals surface area contributed by atoms with Crippen molar-refractivity contribution < 1.29 is 0 Å². The molecule has 0 saturated heterocycles. The predicted octanol–water partition coefficient (Wildman–Crippen LogP) is 2.48. The average Bonchev–Trinajstić information content (AvgIpc) is 2.49. The maximum absolute atomic E-state index is 3.94. The van der Waals surface area contributed by atoms with E-state index in [2.05, 4.69) is 22.1 Å². The summed E-state index contributed by atoms with van der Waals surface area (Å²) in [7, 11) is 0. The molecule has 2 rings (SSSR count). The third-order valence-electron chi connectivity index (χ3n) is 1.67. The molecule has 1 aromatic heterocycles. The summed E-state index contributed by atoms with van der Waals surface area (Å²) < 4.78 is 0. The summed E-state index contributed by atoms with van der Waals surface area (Å²) in [5.74, 6) is 0. The van der Waals surface area contributed by atoms with E-state index in [4.69, 9.17) is 0 Å². The first-order valence-corrected chi connectivity index (χ1v) is 4.54. The molecule has 0 amide bonds. The quantitative estimate of drug-likeness (QED) is 0.696. The molecule has 0 unspecified atom stereocenters. The molecule has 0 radical (unpaired) electrons. The Morgan fingerprint density at radius 1 is 1.40 bits per heavy atom. The van der Waals surface area contributed by atoms with Crippen molar-refractivity contribution in [3.8, 4) is 0 Å². The number of hydrogen-bond donors (Lipinski definition) is 2. The van der Waals surface area contributed by atoms with Crippen molar-refractivity contribution in [2.75, 3.05) is 6.54 Å². The van der Waals surface area contributed by atoms with Crippen molar-refractivity contribution in [1.82, 2.24) is 15.5 Å². The smallest absolute Gasteiger partial charge is 0.0535 e. The maximum atomic E-state index is 3.94. The average molecular weight is 252 g/mol. The Morgan fingerprint density at radius 3 is 2.53 bits per heavy atom. The molecule has 0 saturated carbocycles. The van der Waals surface area contributed by atoms with E-state index < -0.39 is 0 Å². The van der Waals surface area contributed by atoms with Gasteiger partial charge < -0.3 is 5.32 Å². The number of H-pyrrole nitrogens is 1. The van der Waals surface area contributed by atoms with Crippen LogP contribution in [0, 0.1) is 0 Å². The van der Waals surface area contributed by atoms with Crippen LogP contribution in [0.4, 0.5) is 0 Å². The van der Waals surface area contributed by atoms with Crippen LogP contribution in [-0.4, -0.2) is 16.7 Å². The molecule has 3 nitrogen and oxygen atoms in total. The number of rotatable bonds is 0. The zero-order valence-corrected chi connectivity index (χ0v) is 10.8. The van der Waals surface area contributed by atoms with Gasteiger partial charge in [0.25, 0.3) is 0 Å². The van der Waals surface area contributed by atoms with Gasteiger partial charge in [0, 0.05) is 30.8 Å². The third kappa shape index (κ3) is 6.55. The standard InChI is InChI=1S/C6H9N3.C4H8.2ClH/c1-2-7-3-5-4-8-9-6(1)5;1-4(2)3;;/h4,7H,1-3H2,(H,8,9);1H2,2-3H3;2*1H. The van der Waals surface area contributed by atoms with E-state index in [0.29, 0.717) is 0 Å². The van der Waals surface area contributed by atoms with Crippen LogP contribution in [0.15, 0.2) is 18.3 Å². The fraction of sp³-hybridized carbons (Fsp3) is 0.500. The second kappa shape index (κ2) is 8.77. The SMILES string of the molecule is C=C(C)C.Cl.Cl.c1n[nH]c2c1CNCC2. The van der Waals surface area contributed by atoms with Crippen LogP contribution in [0.1, 0.15) is 25.1 Å². The summed E-state index contributed by atoms with van der Waals surface area (Å²) in [6, 6.07) is 0. The Balaban J connectivity index is 0. The van der Waals surface area contributed by atoms with E-state index in [1.807, 2.05) is 20.0 Å². The number of fused-ring (bicyclic) bond motifs is 1. The summed E-state index contributed by atoms with van der Waals surface area (Å²) in [4.78, 5) is 0. The van der Waals surface area contributed by atoms with E-state index in [-0.39, 0.29) is 24.8 Å². The lowest BCUT2D eigenvalue weighted by Crippen LogP contribution is -2.22. The van der Waals surface area contributed by atoms with Gasteiger partial charge in [0.2, 0.25) is 0 Å². The Hall–Kier alpha value is -0.510. The number of hydrogen-bond acceptors (Lipinski definition) is 2. The molecule has 88 valence electrons. The third-order valence-corrected chi connectivity index (χ3v) is 1.67. The molecule has 1 aromatic rings. The van der Waals surface area contributed by atoms with Crippen LogP contribution in [-0.2, 0) is 13.0 Å². The second-order valence-corrected chi connectivity index (χ2v) is 3.51. The van der Waals surface area contributed by atoms with E-state index >= 15 is 0 Å². The van der Waals surface area contributed by atoms with Crippen molar-refractivity contribution in [3.05, 3.63) is 29.6 Å². The molecule has 1 aliphatic heterocycles. The van der Waals surface area contributed by atoms with E-state index in [1.165, 1.54) is 16.8 Å². The summed E-state index contributed by atoms with van der Waals surface area (Å²) in [6.45, 7) is 9.56. The minimum Gasteiger partial charge on any atom is -0.312 e. The number of aromatic nitrogens is 2. The van der Waals surface area contributed by atoms with Gasteiger partial charge in [-0.3, -0.25) is 5.10 Å². The molecular formula is C10H19Cl2N3. The number of allylic oxidation sites excluding steroid dienone is 1. The lowest BCUT2D eigenvalue weighted by Gasteiger charge is -2.10. The molecule has 15 heavy (non-hydrogen) atoms. The molecule has 0 aliphatic carbocycles. The zero-order valence-electron chi connectivity index (χ0n) is 9.17. The number of halogens is 2. The molecule has 0 bridgehead atoms. The highest BCUT2D eigenvalue weighted by molar-refractivity contribution is 5.85. The first-order chi connectivity index (χ1) is 6.20. The fourth-order valence-electron chi connectivity index (χ4n) is 1.14. The van der Waals surface area contributed by atoms with Crippen LogP contribution in [0.2, 0.25) is 0 Å². The van der Waals surface area contributed by atoms with E-state index in [9.17, 15) is 0 Å². The van der Waals surface area contributed by atoms with Gasteiger partial charge in [0.15, 0.2) is 0 Å². The zero-order chi connectivity index (χ0) is 9.68. The molecule has 0 atom stereocenters. The summed E-state index contributed by atoms with van der Waals surface area (Å²) in [6.07, 6.45) is 2.98. The Labute approximate surface area is 104 Å². The highest BCUT2D eigenvalue weighted by atomic mass is 35.5. The van der Waals surface area contributed by atoms with Gasteiger partial charge in [-0.2, -0.15) is 5.10 Å². The topological polar surface area (TPSA) is 40.7 Å². The minimum atomic E-state index is 0. The number of aromatic amines is 1. The van der Waals surface area contributed by atoms with Gasteiger partial charge in [-0.05, 0) is 13.8 Å². The second-order valence-electron chi connectivity index (χ2n) is 3.51. The van der Waals surface area contributed by atoms with Gasteiger partial charge in [0.1, 0.15) is 0 Å². The van der Waals surface area contributed by atoms with Crippen LogP contribution in [0.5, 0.6) is 0 Å². The molecule has 0 fully saturated rings. The van der Waals surface area contributed by atoms with Crippen molar-refractivity contribution in [2.24, 2.45) is 0 Å². The monoisotopic (exact) mass is 251 g/mol. The van der Waals surface area contributed by atoms with Crippen LogP contribution in [0.3, 0.4) is 0 Å². The minimum absolute atomic E-state index is 0. The molecule has 0 spiro atoms. The Morgan fingerprint density at radius 2 is 2.00 bits per heavy atom. The van der Waals surface area contributed by atoms with Crippen LogP contribution >= 0.6 is 24.8 Å². The molecule has 0 aromatic carbocycles. The van der Waals surface area contributed by atoms with Crippen LogP contribution < -0.4 is 5.32 Å². The molecule has 1 aliphatic rings. The van der Waals surface area contributed by atoms with Crippen molar-refractivity contribution in [2.45, 2.75) is 26.8 Å². The Bertz CT molecular complexity index is 259. The molecule has 2 N–H and O–H groups in total. The number of nitrogens with one attached hydrogen (secondary N) is 2. The summed E-state index contributed by atoms with van der Waals surface area (Å²) in [5.41, 5.74) is 3.79. The van der Waals surface area contributed by atoms with Gasteiger partial charge in [-0.15, -0.1) is 31.4 Å². The lowest BCUT2D eigenvalue weighted by molar-refractivity contribution is 0.637. The van der Waals surface area contributed by atoms with E-state index in [0.717, 1.165) is 19.5 Å². The molecule has 5 heteroatoms. The van der Waals surface area contributed by atoms with Crippen molar-refractivity contribution in [3.63, 3.8) is 0 Å². The molecule has 2 heterocycles. The first-order valence-electron chi connectivity index (χ1n) is 4.54. The normalized spacial score (nSPS) is 12.1. The largest absolute Gasteiger partial charge is 0.312 e. The summed E-state index contributed by atoms with van der Waals surface area (Å²) >= 11 is 0. The first kappa shape index (κ1) is 16.9. The van der Waals surface area contributed by atoms with Gasteiger partial charge in [-0.1, -0.05) is 5.57 Å². The van der Waals surface area contributed by atoms with Crippen LogP contribution in [0.25, 0.3) is 0 Å². The lowest BCUT2D eigenvalue weighted by atomic mass is 10.1. The van der Waals surface area contributed by atoms with Gasteiger partial charge >= 0.3 is 0 Å². The number of nitrogens with zero attached hydrogens (tertiary/aromatic N) is 1. The van der Waals surface area contributed by atoms with Gasteiger partial charge in [-0.25, -0.2) is 0 Å². The fourth-order valence-corrected chi connectivity index (χ4v) is 1.14. The maximum Gasteiger partial charge on any atom is 0.0535 e. The van der Waals surface area contributed by atoms with Crippen molar-refractivity contribution >= 4 is 24.8 Å². The predicted molar refractivity (Wildman–Crippen MR) is 69.0 cm³/mol. The highest BCUT2D eigenvalue weighted by Gasteiger charge is 2.08. The summed E-state index contributed by atoms with van der Waals surface area (Å²) in [5, 5.41) is 10.2. The van der Waals surface area contributed by atoms with Crippen molar-refractivity contribution in [1.29, 1.82) is 0 Å². The van der Waals surface area contributed by atoms with E-state index in [1.54, 1.807) is 0 Å². The molecular weight excluding hydrogens is 233 g/mol.